The van der Waals surface area contributed by atoms with Crippen molar-refractivity contribution in [2.45, 2.75) is 26.8 Å². The first-order valence-corrected chi connectivity index (χ1v) is 7.35. The number of tetrazole rings is 1. The fourth-order valence-corrected chi connectivity index (χ4v) is 2.08. The fourth-order valence-electron chi connectivity index (χ4n) is 1.91. The highest BCUT2D eigenvalue weighted by molar-refractivity contribution is 6.31. The lowest BCUT2D eigenvalue weighted by atomic mass is 10.1. The van der Waals surface area contributed by atoms with E-state index in [-0.39, 0.29) is 0 Å². The van der Waals surface area contributed by atoms with Crippen LogP contribution >= 0.6 is 11.6 Å². The molecule has 0 aliphatic rings. The Bertz CT molecular complexity index is 584. The zero-order valence-corrected chi connectivity index (χ0v) is 13.0. The monoisotopic (exact) mass is 309 g/mol. The Morgan fingerprint density at radius 2 is 2.19 bits per heavy atom. The summed E-state index contributed by atoms with van der Waals surface area (Å²) in [5.41, 5.74) is 7.32. The third kappa shape index (κ3) is 4.41. The van der Waals surface area contributed by atoms with Gasteiger partial charge in [-0.25, -0.2) is 4.68 Å². The van der Waals surface area contributed by atoms with Crippen LogP contribution in [-0.2, 0) is 11.3 Å². The van der Waals surface area contributed by atoms with Crippen molar-refractivity contribution in [1.29, 1.82) is 0 Å². The van der Waals surface area contributed by atoms with Gasteiger partial charge in [0.1, 0.15) is 0 Å². The third-order valence-corrected chi connectivity index (χ3v) is 3.13. The van der Waals surface area contributed by atoms with Gasteiger partial charge in [-0.15, -0.1) is 5.10 Å². The molecule has 0 unspecified atom stereocenters. The van der Waals surface area contributed by atoms with Gasteiger partial charge in [0.15, 0.2) is 5.82 Å². The summed E-state index contributed by atoms with van der Waals surface area (Å²) in [4.78, 5) is 0. The number of ether oxygens (including phenoxy) is 1. The zero-order chi connectivity index (χ0) is 15.2. The zero-order valence-electron chi connectivity index (χ0n) is 12.3. The lowest BCUT2D eigenvalue weighted by Gasteiger charge is -2.09. The lowest BCUT2D eigenvalue weighted by molar-refractivity contribution is 0.105. The van der Waals surface area contributed by atoms with Crippen molar-refractivity contribution in [2.75, 3.05) is 18.9 Å². The van der Waals surface area contributed by atoms with Crippen LogP contribution in [0, 0.1) is 5.92 Å². The number of halogens is 1. The largest absolute Gasteiger partial charge is 0.398 e. The average Bonchev–Trinajstić information content (AvgIpc) is 2.89. The normalized spacial score (nSPS) is 11.2. The maximum Gasteiger partial charge on any atom is 0.184 e. The molecule has 6 nitrogen and oxygen atoms in total. The topological polar surface area (TPSA) is 78.8 Å². The minimum absolute atomic E-state index is 0.542. The maximum atomic E-state index is 6.01. The molecule has 0 saturated carbocycles. The van der Waals surface area contributed by atoms with E-state index in [1.165, 1.54) is 0 Å². The van der Waals surface area contributed by atoms with Crippen molar-refractivity contribution in [1.82, 2.24) is 20.2 Å². The van der Waals surface area contributed by atoms with Crippen LogP contribution in [0.15, 0.2) is 18.2 Å². The third-order valence-electron chi connectivity index (χ3n) is 2.90. The van der Waals surface area contributed by atoms with Crippen molar-refractivity contribution in [3.05, 3.63) is 23.2 Å². The minimum atomic E-state index is 0.542. The number of nitrogens with zero attached hydrogens (tertiary/aromatic N) is 4. The van der Waals surface area contributed by atoms with Gasteiger partial charge in [0.2, 0.25) is 0 Å². The van der Waals surface area contributed by atoms with Gasteiger partial charge in [0.25, 0.3) is 0 Å². The number of anilines is 1. The van der Waals surface area contributed by atoms with Gasteiger partial charge < -0.3 is 10.5 Å². The molecule has 0 saturated heterocycles. The molecule has 0 atom stereocenters. The number of rotatable bonds is 7. The predicted molar refractivity (Wildman–Crippen MR) is 82.9 cm³/mol. The van der Waals surface area contributed by atoms with Crippen molar-refractivity contribution in [3.8, 4) is 11.4 Å². The van der Waals surface area contributed by atoms with Crippen molar-refractivity contribution >= 4 is 17.3 Å². The molecule has 2 rings (SSSR count). The highest BCUT2D eigenvalue weighted by atomic mass is 35.5. The Hall–Kier alpha value is -1.66. The Kier molecular flexibility index (Phi) is 5.52. The number of aryl methyl sites for hydroxylation is 1. The molecule has 0 fully saturated rings. The van der Waals surface area contributed by atoms with Crippen LogP contribution in [-0.4, -0.2) is 33.4 Å². The van der Waals surface area contributed by atoms with E-state index in [1.807, 2.05) is 0 Å². The van der Waals surface area contributed by atoms with E-state index in [0.29, 0.717) is 35.6 Å². The van der Waals surface area contributed by atoms with Crippen LogP contribution in [0.4, 0.5) is 5.69 Å². The van der Waals surface area contributed by atoms with Crippen molar-refractivity contribution in [3.63, 3.8) is 0 Å². The molecule has 1 heterocycles. The van der Waals surface area contributed by atoms with E-state index in [0.717, 1.165) is 18.6 Å². The number of hydrogen-bond acceptors (Lipinski definition) is 5. The second-order valence-corrected chi connectivity index (χ2v) is 5.72. The number of benzene rings is 1. The highest BCUT2D eigenvalue weighted by Gasteiger charge is 2.12. The molecule has 1 aromatic carbocycles. The minimum Gasteiger partial charge on any atom is -0.398 e. The number of nitrogens with two attached hydrogens (primary N) is 1. The van der Waals surface area contributed by atoms with Crippen LogP contribution in [0.25, 0.3) is 11.4 Å². The summed E-state index contributed by atoms with van der Waals surface area (Å²) >= 11 is 6.01. The number of nitrogen functional groups attached to an aromatic ring is 1. The van der Waals surface area contributed by atoms with Gasteiger partial charge in [-0.05, 0) is 41.0 Å². The number of aromatic nitrogens is 4. The quantitative estimate of drug-likeness (QED) is 0.628. The average molecular weight is 310 g/mol. The van der Waals surface area contributed by atoms with Crippen LogP contribution in [0.5, 0.6) is 0 Å². The first-order valence-electron chi connectivity index (χ1n) is 6.97. The second-order valence-electron chi connectivity index (χ2n) is 5.28. The summed E-state index contributed by atoms with van der Waals surface area (Å²) < 4.78 is 7.28. The molecule has 1 aromatic heterocycles. The SMILES string of the molecule is CC(C)COCCCn1nnnc1-c1cc(Cl)ccc1N. The molecular formula is C14H20ClN5O. The second kappa shape index (κ2) is 7.38. The van der Waals surface area contributed by atoms with Crippen LogP contribution in [0.2, 0.25) is 5.02 Å². The Morgan fingerprint density at radius 1 is 1.38 bits per heavy atom. The van der Waals surface area contributed by atoms with E-state index in [1.54, 1.807) is 22.9 Å². The molecular weight excluding hydrogens is 290 g/mol. The summed E-state index contributed by atoms with van der Waals surface area (Å²) in [7, 11) is 0. The fraction of sp³-hybridized carbons (Fsp3) is 0.500. The summed E-state index contributed by atoms with van der Waals surface area (Å²) in [6.07, 6.45) is 0.839. The molecule has 0 spiro atoms. The van der Waals surface area contributed by atoms with Crippen molar-refractivity contribution < 1.29 is 4.74 Å². The van der Waals surface area contributed by atoms with Crippen LogP contribution in [0.1, 0.15) is 20.3 Å². The Balaban J connectivity index is 2.00. The van der Waals surface area contributed by atoms with Gasteiger partial charge in [-0.2, -0.15) is 0 Å². The van der Waals surface area contributed by atoms with E-state index in [4.69, 9.17) is 22.1 Å². The molecule has 0 aliphatic carbocycles. The molecule has 0 radical (unpaired) electrons. The highest BCUT2D eigenvalue weighted by Crippen LogP contribution is 2.26. The van der Waals surface area contributed by atoms with E-state index >= 15 is 0 Å². The maximum absolute atomic E-state index is 6.01. The Labute approximate surface area is 129 Å². The molecule has 0 bridgehead atoms. The summed E-state index contributed by atoms with van der Waals surface area (Å²) in [6, 6.07) is 5.27. The van der Waals surface area contributed by atoms with Crippen LogP contribution < -0.4 is 5.73 Å². The van der Waals surface area contributed by atoms with Crippen LogP contribution in [0.3, 0.4) is 0 Å². The van der Waals surface area contributed by atoms with Gasteiger partial charge in [-0.3, -0.25) is 0 Å². The summed E-state index contributed by atoms with van der Waals surface area (Å²) in [5, 5.41) is 12.4. The van der Waals surface area contributed by atoms with E-state index in [2.05, 4.69) is 29.4 Å². The molecule has 0 aliphatic heterocycles. The predicted octanol–water partition coefficient (Wildman–Crippen LogP) is 2.64. The standard InChI is InChI=1S/C14H20ClN5O/c1-10(2)9-21-7-3-6-20-14(17-18-19-20)12-8-11(15)4-5-13(12)16/h4-5,8,10H,3,6-7,9,16H2,1-2H3. The van der Waals surface area contributed by atoms with Gasteiger partial charge in [0, 0.05) is 36.0 Å². The van der Waals surface area contributed by atoms with Gasteiger partial charge >= 0.3 is 0 Å². The van der Waals surface area contributed by atoms with E-state index < -0.39 is 0 Å². The first-order chi connectivity index (χ1) is 10.1. The smallest absolute Gasteiger partial charge is 0.184 e. The molecule has 0 amide bonds. The molecule has 21 heavy (non-hydrogen) atoms. The lowest BCUT2D eigenvalue weighted by Crippen LogP contribution is -2.09. The molecule has 114 valence electrons. The van der Waals surface area contributed by atoms with Gasteiger partial charge in [0.05, 0.1) is 0 Å². The Morgan fingerprint density at radius 3 is 2.95 bits per heavy atom. The van der Waals surface area contributed by atoms with E-state index in [9.17, 15) is 0 Å². The number of hydrogen-bond donors (Lipinski definition) is 1. The molecule has 7 heteroatoms. The molecule has 2 N–H and O–H groups in total. The summed E-state index contributed by atoms with van der Waals surface area (Å²) in [6.45, 7) is 6.38. The van der Waals surface area contributed by atoms with Gasteiger partial charge in [-0.1, -0.05) is 25.4 Å². The first kappa shape index (κ1) is 15.7. The molecule has 2 aromatic rings. The van der Waals surface area contributed by atoms with Crippen molar-refractivity contribution in [2.24, 2.45) is 5.92 Å². The summed E-state index contributed by atoms with van der Waals surface area (Å²) in [5.74, 6) is 1.17.